The predicted molar refractivity (Wildman–Crippen MR) is 69.6 cm³/mol. The van der Waals surface area contributed by atoms with Crippen LogP contribution in [0, 0.1) is 0 Å². The van der Waals surface area contributed by atoms with E-state index in [1.807, 2.05) is 0 Å². The van der Waals surface area contributed by atoms with Crippen molar-refractivity contribution < 1.29 is 0 Å². The van der Waals surface area contributed by atoms with Gasteiger partial charge in [0.05, 0.1) is 0 Å². The molecule has 2 aliphatic rings. The van der Waals surface area contributed by atoms with Gasteiger partial charge in [-0.3, -0.25) is 4.90 Å². The van der Waals surface area contributed by atoms with Crippen molar-refractivity contribution in [3.8, 4) is 0 Å². The molecule has 16 heavy (non-hydrogen) atoms. The monoisotopic (exact) mass is 280 g/mol. The van der Waals surface area contributed by atoms with Crippen LogP contribution in [0.25, 0.3) is 0 Å². The molecule has 1 aromatic carbocycles. The number of nitrogens with one attached hydrogen (secondary N) is 1. The number of benzene rings is 1. The van der Waals surface area contributed by atoms with Crippen LogP contribution >= 0.6 is 15.9 Å². The van der Waals surface area contributed by atoms with E-state index in [1.165, 1.54) is 30.4 Å². The Bertz CT molecular complexity index is 386. The second-order valence-electron chi connectivity index (χ2n) is 4.68. The van der Waals surface area contributed by atoms with Crippen LogP contribution in [0.3, 0.4) is 0 Å². The van der Waals surface area contributed by atoms with E-state index >= 15 is 0 Å². The first-order chi connectivity index (χ1) is 7.84. The Morgan fingerprint density at radius 2 is 2.06 bits per heavy atom. The topological polar surface area (TPSA) is 15.3 Å². The fourth-order valence-electron chi connectivity index (χ4n) is 2.92. The lowest BCUT2D eigenvalue weighted by Gasteiger charge is -2.33. The maximum atomic E-state index is 3.59. The first-order valence-electron chi connectivity index (χ1n) is 6.08. The van der Waals surface area contributed by atoms with Gasteiger partial charge in [-0.2, -0.15) is 0 Å². The van der Waals surface area contributed by atoms with Crippen molar-refractivity contribution in [2.24, 2.45) is 0 Å². The molecule has 0 spiro atoms. The fraction of sp³-hybridized carbons (Fsp3) is 0.538. The van der Waals surface area contributed by atoms with E-state index in [1.54, 1.807) is 11.1 Å². The summed E-state index contributed by atoms with van der Waals surface area (Å²) in [5.41, 5.74) is 3.10. The van der Waals surface area contributed by atoms with Crippen LogP contribution in [-0.2, 0) is 6.42 Å². The second-order valence-corrected chi connectivity index (χ2v) is 5.60. The molecule has 0 saturated carbocycles. The van der Waals surface area contributed by atoms with E-state index in [4.69, 9.17) is 0 Å². The van der Waals surface area contributed by atoms with E-state index in [2.05, 4.69) is 44.3 Å². The molecule has 0 radical (unpaired) electrons. The minimum Gasteiger partial charge on any atom is -0.314 e. The van der Waals surface area contributed by atoms with E-state index in [-0.39, 0.29) is 0 Å². The molecule has 1 N–H and O–H groups in total. The number of nitrogens with zero attached hydrogens (tertiary/aromatic N) is 1. The van der Waals surface area contributed by atoms with E-state index < -0.39 is 0 Å². The standard InChI is InChI=1S/C13H17BrN2/c14-11-3-1-10-2-4-13(12(10)9-11)16-7-5-15-6-8-16/h1,3,9,13,15H,2,4-8H2. The molecule has 2 nitrogen and oxygen atoms in total. The lowest BCUT2D eigenvalue weighted by Crippen LogP contribution is -2.44. The van der Waals surface area contributed by atoms with Gasteiger partial charge in [0, 0.05) is 36.7 Å². The Balaban J connectivity index is 1.86. The molecule has 1 atom stereocenters. The normalized spacial score (nSPS) is 25.7. The van der Waals surface area contributed by atoms with Crippen LogP contribution < -0.4 is 5.32 Å². The molecular formula is C13H17BrN2. The number of piperazine rings is 1. The largest absolute Gasteiger partial charge is 0.314 e. The maximum absolute atomic E-state index is 3.59. The summed E-state index contributed by atoms with van der Waals surface area (Å²) in [6, 6.07) is 7.42. The van der Waals surface area contributed by atoms with Crippen molar-refractivity contribution in [2.75, 3.05) is 26.2 Å². The van der Waals surface area contributed by atoms with E-state index in [0.29, 0.717) is 6.04 Å². The van der Waals surface area contributed by atoms with Crippen LogP contribution in [0.15, 0.2) is 22.7 Å². The highest BCUT2D eigenvalue weighted by Gasteiger charge is 2.28. The lowest BCUT2D eigenvalue weighted by atomic mass is 10.1. The summed E-state index contributed by atoms with van der Waals surface area (Å²) in [5, 5.41) is 3.42. The molecule has 0 amide bonds. The highest BCUT2D eigenvalue weighted by Crippen LogP contribution is 2.37. The molecule has 1 aliphatic carbocycles. The van der Waals surface area contributed by atoms with Crippen LogP contribution in [0.5, 0.6) is 0 Å². The summed E-state index contributed by atoms with van der Waals surface area (Å²) in [6.45, 7) is 4.66. The number of hydrogen-bond acceptors (Lipinski definition) is 2. The van der Waals surface area contributed by atoms with Crippen molar-refractivity contribution in [1.29, 1.82) is 0 Å². The van der Waals surface area contributed by atoms with Crippen molar-refractivity contribution in [2.45, 2.75) is 18.9 Å². The highest BCUT2D eigenvalue weighted by atomic mass is 79.9. The quantitative estimate of drug-likeness (QED) is 0.850. The Hall–Kier alpha value is -0.380. The molecule has 3 rings (SSSR count). The summed E-state index contributed by atoms with van der Waals surface area (Å²) in [7, 11) is 0. The van der Waals surface area contributed by atoms with Crippen LogP contribution in [-0.4, -0.2) is 31.1 Å². The molecule has 1 fully saturated rings. The van der Waals surface area contributed by atoms with Crippen molar-refractivity contribution >= 4 is 15.9 Å². The summed E-state index contributed by atoms with van der Waals surface area (Å²) < 4.78 is 1.22. The number of rotatable bonds is 1. The van der Waals surface area contributed by atoms with E-state index in [0.717, 1.165) is 13.1 Å². The zero-order valence-corrected chi connectivity index (χ0v) is 11.0. The van der Waals surface area contributed by atoms with Gasteiger partial charge in [0.2, 0.25) is 0 Å². The molecule has 86 valence electrons. The molecule has 1 aromatic rings. The van der Waals surface area contributed by atoms with Gasteiger partial charge >= 0.3 is 0 Å². The molecule has 1 aliphatic heterocycles. The van der Waals surface area contributed by atoms with Gasteiger partial charge < -0.3 is 5.32 Å². The van der Waals surface area contributed by atoms with Gasteiger partial charge in [-0.25, -0.2) is 0 Å². The molecular weight excluding hydrogens is 264 g/mol. The van der Waals surface area contributed by atoms with Crippen LogP contribution in [0.2, 0.25) is 0 Å². The SMILES string of the molecule is Brc1ccc2c(c1)C(N1CCNCC1)CC2. The van der Waals surface area contributed by atoms with Gasteiger partial charge in [0.1, 0.15) is 0 Å². The molecule has 3 heteroatoms. The summed E-state index contributed by atoms with van der Waals surface area (Å²) in [4.78, 5) is 2.63. The van der Waals surface area contributed by atoms with E-state index in [9.17, 15) is 0 Å². The molecule has 0 bridgehead atoms. The van der Waals surface area contributed by atoms with Crippen LogP contribution in [0.4, 0.5) is 0 Å². The molecule has 0 aromatic heterocycles. The van der Waals surface area contributed by atoms with Gasteiger partial charge in [-0.1, -0.05) is 22.0 Å². The zero-order chi connectivity index (χ0) is 11.0. The average Bonchev–Trinajstić information content (AvgIpc) is 2.73. The first kappa shape index (κ1) is 10.8. The number of hydrogen-bond donors (Lipinski definition) is 1. The molecule has 1 unspecified atom stereocenters. The Morgan fingerprint density at radius 1 is 1.25 bits per heavy atom. The van der Waals surface area contributed by atoms with Gasteiger partial charge in [0.15, 0.2) is 0 Å². The summed E-state index contributed by atoms with van der Waals surface area (Å²) in [5.74, 6) is 0. The Morgan fingerprint density at radius 3 is 2.88 bits per heavy atom. The first-order valence-corrected chi connectivity index (χ1v) is 6.87. The van der Waals surface area contributed by atoms with Crippen LogP contribution in [0.1, 0.15) is 23.6 Å². The van der Waals surface area contributed by atoms with Gasteiger partial charge in [-0.15, -0.1) is 0 Å². The Kier molecular flexibility index (Phi) is 3.01. The smallest absolute Gasteiger partial charge is 0.0355 e. The lowest BCUT2D eigenvalue weighted by molar-refractivity contribution is 0.173. The Labute approximate surface area is 105 Å². The third-order valence-electron chi connectivity index (χ3n) is 3.75. The van der Waals surface area contributed by atoms with Crippen molar-refractivity contribution in [3.05, 3.63) is 33.8 Å². The second kappa shape index (κ2) is 4.47. The minimum atomic E-state index is 0.662. The van der Waals surface area contributed by atoms with Gasteiger partial charge in [-0.05, 0) is 36.1 Å². The number of fused-ring (bicyclic) bond motifs is 1. The summed E-state index contributed by atoms with van der Waals surface area (Å²) >= 11 is 3.59. The fourth-order valence-corrected chi connectivity index (χ4v) is 3.30. The van der Waals surface area contributed by atoms with Crippen molar-refractivity contribution in [3.63, 3.8) is 0 Å². The average molecular weight is 281 g/mol. The zero-order valence-electron chi connectivity index (χ0n) is 9.38. The summed E-state index contributed by atoms with van der Waals surface area (Å²) in [6.07, 6.45) is 2.54. The molecule has 1 saturated heterocycles. The number of halogens is 1. The van der Waals surface area contributed by atoms with Crippen molar-refractivity contribution in [1.82, 2.24) is 10.2 Å². The number of aryl methyl sites for hydroxylation is 1. The maximum Gasteiger partial charge on any atom is 0.0355 e. The third-order valence-corrected chi connectivity index (χ3v) is 4.24. The van der Waals surface area contributed by atoms with Gasteiger partial charge in [0.25, 0.3) is 0 Å². The third kappa shape index (κ3) is 1.92. The predicted octanol–water partition coefficient (Wildman–Crippen LogP) is 2.34. The molecule has 1 heterocycles. The minimum absolute atomic E-state index is 0.662. The highest BCUT2D eigenvalue weighted by molar-refractivity contribution is 9.10.